The van der Waals surface area contributed by atoms with E-state index in [9.17, 15) is 24.8 Å². The molecule has 1 amide bonds. The second kappa shape index (κ2) is 6.92. The van der Waals surface area contributed by atoms with Crippen molar-refractivity contribution in [2.45, 2.75) is 38.1 Å². The van der Waals surface area contributed by atoms with E-state index in [1.165, 1.54) is 18.3 Å². The molecule has 0 radical (unpaired) electrons. The van der Waals surface area contributed by atoms with Crippen molar-refractivity contribution in [1.29, 1.82) is 0 Å². The lowest BCUT2D eigenvalue weighted by molar-refractivity contribution is -0.384. The first-order valence-electron chi connectivity index (χ1n) is 8.26. The van der Waals surface area contributed by atoms with Crippen LogP contribution in [-0.4, -0.2) is 32.9 Å². The topological polar surface area (TPSA) is 125 Å². The Labute approximate surface area is 143 Å². The third-order valence-electron chi connectivity index (χ3n) is 4.77. The summed E-state index contributed by atoms with van der Waals surface area (Å²) in [5.74, 6) is -1.92. The lowest BCUT2D eigenvalue weighted by atomic mass is 9.94. The quantitative estimate of drug-likeness (QED) is 0.446. The minimum atomic E-state index is -0.901. The van der Waals surface area contributed by atoms with Gasteiger partial charge in [-0.15, -0.1) is 0 Å². The van der Waals surface area contributed by atoms with E-state index in [4.69, 9.17) is 0 Å². The van der Waals surface area contributed by atoms with Gasteiger partial charge in [0.25, 0.3) is 11.6 Å². The zero-order chi connectivity index (χ0) is 18.0. The van der Waals surface area contributed by atoms with Gasteiger partial charge in [0.2, 0.25) is 0 Å². The van der Waals surface area contributed by atoms with Crippen molar-refractivity contribution in [2.75, 3.05) is 0 Å². The number of non-ortho nitro benzene ring substituents is 1. The van der Waals surface area contributed by atoms with Gasteiger partial charge in [0, 0.05) is 35.3 Å². The average Bonchev–Trinajstić information content (AvgIpc) is 2.86. The summed E-state index contributed by atoms with van der Waals surface area (Å²) < 4.78 is 0. The van der Waals surface area contributed by atoms with Crippen LogP contribution >= 0.6 is 0 Å². The fourth-order valence-corrected chi connectivity index (χ4v) is 3.43. The third kappa shape index (κ3) is 3.47. The molecule has 0 spiro atoms. The first kappa shape index (κ1) is 16.9. The molecule has 8 heteroatoms. The lowest BCUT2D eigenvalue weighted by Crippen LogP contribution is -2.42. The highest BCUT2D eigenvalue weighted by molar-refractivity contribution is 6.07. The molecule has 2 aromatic rings. The second-order valence-electron chi connectivity index (χ2n) is 6.35. The number of H-pyrrole nitrogens is 1. The summed E-state index contributed by atoms with van der Waals surface area (Å²) in [4.78, 5) is 37.5. The van der Waals surface area contributed by atoms with E-state index in [2.05, 4.69) is 10.3 Å². The molecule has 25 heavy (non-hydrogen) atoms. The van der Waals surface area contributed by atoms with Crippen molar-refractivity contribution in [2.24, 2.45) is 5.92 Å². The number of nitrogens with one attached hydrogen (secondary N) is 2. The molecular formula is C17H19N3O5. The van der Waals surface area contributed by atoms with Crippen molar-refractivity contribution < 1.29 is 19.6 Å². The minimum Gasteiger partial charge on any atom is -0.481 e. The number of amides is 1. The molecule has 0 bridgehead atoms. The Morgan fingerprint density at radius 2 is 2.00 bits per heavy atom. The van der Waals surface area contributed by atoms with Crippen LogP contribution in [0.5, 0.6) is 0 Å². The van der Waals surface area contributed by atoms with Crippen LogP contribution in [0, 0.1) is 16.0 Å². The predicted octanol–water partition coefficient (Wildman–Crippen LogP) is 2.84. The van der Waals surface area contributed by atoms with Gasteiger partial charge >= 0.3 is 5.97 Å². The molecule has 132 valence electrons. The number of benzene rings is 1. The van der Waals surface area contributed by atoms with Crippen molar-refractivity contribution in [3.8, 4) is 0 Å². The number of aliphatic carboxylic acids is 1. The highest BCUT2D eigenvalue weighted by atomic mass is 16.6. The van der Waals surface area contributed by atoms with Crippen LogP contribution in [0.4, 0.5) is 5.69 Å². The zero-order valence-electron chi connectivity index (χ0n) is 13.5. The molecule has 3 N–H and O–H groups in total. The van der Waals surface area contributed by atoms with Gasteiger partial charge < -0.3 is 15.4 Å². The molecule has 1 aliphatic carbocycles. The van der Waals surface area contributed by atoms with Crippen LogP contribution in [0.15, 0.2) is 24.4 Å². The van der Waals surface area contributed by atoms with Crippen LogP contribution in [0.25, 0.3) is 10.9 Å². The SMILES string of the molecule is O=C(N[C@H]1CCCCC[C@H]1C(=O)O)c1c[nH]c2ccc([N+](=O)[O-])cc12. The normalized spacial score (nSPS) is 20.8. The van der Waals surface area contributed by atoms with Crippen LogP contribution in [0.1, 0.15) is 42.5 Å². The Bertz CT molecular complexity index is 829. The Hall–Kier alpha value is -2.90. The van der Waals surface area contributed by atoms with Crippen LogP contribution in [0.3, 0.4) is 0 Å². The summed E-state index contributed by atoms with van der Waals surface area (Å²) >= 11 is 0. The maximum Gasteiger partial charge on any atom is 0.308 e. The van der Waals surface area contributed by atoms with Crippen molar-refractivity contribution in [3.63, 3.8) is 0 Å². The molecule has 3 rings (SSSR count). The van der Waals surface area contributed by atoms with E-state index in [1.807, 2.05) is 0 Å². The summed E-state index contributed by atoms with van der Waals surface area (Å²) in [7, 11) is 0. The van der Waals surface area contributed by atoms with Gasteiger partial charge in [-0.2, -0.15) is 0 Å². The molecule has 8 nitrogen and oxygen atoms in total. The maximum atomic E-state index is 12.7. The van der Waals surface area contributed by atoms with E-state index in [1.54, 1.807) is 6.07 Å². The van der Waals surface area contributed by atoms with Crippen LogP contribution < -0.4 is 5.32 Å². The Balaban J connectivity index is 1.87. The highest BCUT2D eigenvalue weighted by Gasteiger charge is 2.31. The number of rotatable bonds is 4. The number of carbonyl (C=O) groups excluding carboxylic acids is 1. The standard InChI is InChI=1S/C17H19N3O5/c21-16(19-15-5-3-1-2-4-11(15)17(22)23)13-9-18-14-7-6-10(20(24)25)8-12(13)14/h6-9,11,15,18H,1-5H2,(H,19,21)(H,22,23)/t11-,15+/m1/s1. The van der Waals surface area contributed by atoms with Gasteiger partial charge in [0.05, 0.1) is 16.4 Å². The summed E-state index contributed by atoms with van der Waals surface area (Å²) in [5.41, 5.74) is 0.803. The van der Waals surface area contributed by atoms with Gasteiger partial charge in [-0.25, -0.2) is 0 Å². The monoisotopic (exact) mass is 345 g/mol. The van der Waals surface area contributed by atoms with E-state index in [0.29, 0.717) is 23.7 Å². The number of fused-ring (bicyclic) bond motifs is 1. The fraction of sp³-hybridized carbons (Fsp3) is 0.412. The molecule has 1 heterocycles. The predicted molar refractivity (Wildman–Crippen MR) is 90.4 cm³/mol. The number of hydrogen-bond acceptors (Lipinski definition) is 4. The largest absolute Gasteiger partial charge is 0.481 e. The van der Waals surface area contributed by atoms with E-state index < -0.39 is 28.8 Å². The lowest BCUT2D eigenvalue weighted by Gasteiger charge is -2.22. The van der Waals surface area contributed by atoms with Gasteiger partial charge in [0.15, 0.2) is 0 Å². The minimum absolute atomic E-state index is 0.0981. The first-order chi connectivity index (χ1) is 12.0. The van der Waals surface area contributed by atoms with Crippen LogP contribution in [-0.2, 0) is 4.79 Å². The molecule has 0 unspecified atom stereocenters. The summed E-state index contributed by atoms with van der Waals surface area (Å²) in [6.07, 6.45) is 5.31. The third-order valence-corrected chi connectivity index (χ3v) is 4.77. The van der Waals surface area contributed by atoms with E-state index >= 15 is 0 Å². The molecule has 2 atom stereocenters. The van der Waals surface area contributed by atoms with Crippen molar-refractivity contribution in [1.82, 2.24) is 10.3 Å². The van der Waals surface area contributed by atoms with Crippen LogP contribution in [0.2, 0.25) is 0 Å². The number of nitro benzene ring substituents is 1. The van der Waals surface area contributed by atoms with Gasteiger partial charge in [-0.05, 0) is 18.9 Å². The molecule has 1 aliphatic rings. The smallest absolute Gasteiger partial charge is 0.308 e. The first-order valence-corrected chi connectivity index (χ1v) is 8.26. The summed E-state index contributed by atoms with van der Waals surface area (Å²) in [5, 5.41) is 23.6. The Morgan fingerprint density at radius 3 is 2.72 bits per heavy atom. The second-order valence-corrected chi connectivity index (χ2v) is 6.35. The number of hydrogen-bond donors (Lipinski definition) is 3. The number of nitrogens with zero attached hydrogens (tertiary/aromatic N) is 1. The number of carbonyl (C=O) groups is 2. The van der Waals surface area contributed by atoms with Crippen molar-refractivity contribution >= 4 is 28.5 Å². The molecule has 1 fully saturated rings. The van der Waals surface area contributed by atoms with Gasteiger partial charge in [-0.1, -0.05) is 19.3 Å². The number of aromatic nitrogens is 1. The summed E-state index contributed by atoms with van der Waals surface area (Å²) in [6.45, 7) is 0. The van der Waals surface area contributed by atoms with E-state index in [0.717, 1.165) is 19.3 Å². The molecular weight excluding hydrogens is 326 g/mol. The Kier molecular flexibility index (Phi) is 4.69. The van der Waals surface area contributed by atoms with Crippen molar-refractivity contribution in [3.05, 3.63) is 40.1 Å². The number of carboxylic acid groups (broad SMARTS) is 1. The molecule has 1 aromatic heterocycles. The number of nitro groups is 1. The van der Waals surface area contributed by atoms with Gasteiger partial charge in [-0.3, -0.25) is 19.7 Å². The molecule has 0 saturated heterocycles. The highest BCUT2D eigenvalue weighted by Crippen LogP contribution is 2.26. The number of carboxylic acids is 1. The Morgan fingerprint density at radius 1 is 1.24 bits per heavy atom. The molecule has 1 aromatic carbocycles. The molecule has 0 aliphatic heterocycles. The van der Waals surface area contributed by atoms with E-state index in [-0.39, 0.29) is 11.3 Å². The molecule has 1 saturated carbocycles. The zero-order valence-corrected chi connectivity index (χ0v) is 13.5. The summed E-state index contributed by atoms with van der Waals surface area (Å²) in [6, 6.07) is 3.83. The average molecular weight is 345 g/mol. The van der Waals surface area contributed by atoms with Gasteiger partial charge in [0.1, 0.15) is 0 Å². The fourth-order valence-electron chi connectivity index (χ4n) is 3.43. The number of aromatic amines is 1. The maximum absolute atomic E-state index is 12.7.